The highest BCUT2D eigenvalue weighted by Gasteiger charge is 2.31. The zero-order valence-corrected chi connectivity index (χ0v) is 17.4. The van der Waals surface area contributed by atoms with Crippen LogP contribution in [0.1, 0.15) is 13.3 Å². The molecule has 0 bridgehead atoms. The normalized spacial score (nSPS) is 14.9. The Hall–Kier alpha value is -3.42. The highest BCUT2D eigenvalue weighted by atomic mass is 16.5. The van der Waals surface area contributed by atoms with Crippen LogP contribution < -0.4 is 29.7 Å². The van der Waals surface area contributed by atoms with Crippen LogP contribution in [0.15, 0.2) is 42.5 Å². The van der Waals surface area contributed by atoms with Crippen LogP contribution in [0.4, 0.5) is 11.4 Å². The molecule has 2 amide bonds. The van der Waals surface area contributed by atoms with E-state index in [0.29, 0.717) is 29.5 Å². The van der Waals surface area contributed by atoms with Gasteiger partial charge in [0, 0.05) is 12.6 Å². The Kier molecular flexibility index (Phi) is 7.00. The molecule has 0 radical (unpaired) electrons. The van der Waals surface area contributed by atoms with Crippen molar-refractivity contribution in [2.24, 2.45) is 0 Å². The van der Waals surface area contributed by atoms with Crippen LogP contribution >= 0.6 is 0 Å². The van der Waals surface area contributed by atoms with E-state index in [4.69, 9.17) is 14.2 Å². The summed E-state index contributed by atoms with van der Waals surface area (Å²) in [6.07, 6.45) is 0.148. The Balaban J connectivity index is 1.76. The van der Waals surface area contributed by atoms with Gasteiger partial charge in [-0.25, -0.2) is 0 Å². The molecule has 0 saturated carbocycles. The fraction of sp³-hybridized carbons (Fsp3) is 0.364. The molecule has 0 aliphatic carbocycles. The molecule has 1 atom stereocenters. The summed E-state index contributed by atoms with van der Waals surface area (Å²) in [5.74, 6) is 1.28. The summed E-state index contributed by atoms with van der Waals surface area (Å²) >= 11 is 0. The maximum Gasteiger partial charge on any atom is 0.262 e. The molecule has 8 nitrogen and oxygen atoms in total. The smallest absolute Gasteiger partial charge is 0.262 e. The SMILES string of the molecule is CCCNC(=O)[C@@H]1CN(CC(=O)Nc2cc(OC)ccc2OC)c2ccccc2O1. The molecular weight excluding hydrogens is 386 g/mol. The molecule has 0 saturated heterocycles. The van der Waals surface area contributed by atoms with E-state index < -0.39 is 6.10 Å². The predicted molar refractivity (Wildman–Crippen MR) is 115 cm³/mol. The van der Waals surface area contributed by atoms with Gasteiger partial charge in [-0.15, -0.1) is 0 Å². The third-order valence-electron chi connectivity index (χ3n) is 4.72. The predicted octanol–water partition coefficient (Wildman–Crippen LogP) is 2.44. The zero-order valence-electron chi connectivity index (χ0n) is 17.4. The van der Waals surface area contributed by atoms with E-state index in [0.717, 1.165) is 12.1 Å². The first kappa shape index (κ1) is 21.3. The largest absolute Gasteiger partial charge is 0.497 e. The molecule has 160 valence electrons. The molecule has 2 aromatic carbocycles. The average Bonchev–Trinajstić information content (AvgIpc) is 2.77. The topological polar surface area (TPSA) is 89.1 Å². The van der Waals surface area contributed by atoms with Crippen molar-refractivity contribution in [1.82, 2.24) is 5.32 Å². The lowest BCUT2D eigenvalue weighted by atomic mass is 10.1. The van der Waals surface area contributed by atoms with Crippen LogP contribution in [0.2, 0.25) is 0 Å². The summed E-state index contributed by atoms with van der Waals surface area (Å²) in [6, 6.07) is 12.6. The van der Waals surface area contributed by atoms with Gasteiger partial charge in [0.05, 0.1) is 38.7 Å². The van der Waals surface area contributed by atoms with Crippen molar-refractivity contribution in [2.75, 3.05) is 44.1 Å². The Bertz CT molecular complexity index is 902. The van der Waals surface area contributed by atoms with Crippen LogP contribution in [-0.2, 0) is 9.59 Å². The fourth-order valence-corrected chi connectivity index (χ4v) is 3.23. The number of methoxy groups -OCH3 is 2. The molecule has 2 N–H and O–H groups in total. The van der Waals surface area contributed by atoms with Crippen LogP contribution in [0.5, 0.6) is 17.2 Å². The number of carbonyl (C=O) groups excluding carboxylic acids is 2. The summed E-state index contributed by atoms with van der Waals surface area (Å²) in [7, 11) is 3.09. The van der Waals surface area contributed by atoms with Crippen LogP contribution in [-0.4, -0.2) is 51.8 Å². The zero-order chi connectivity index (χ0) is 21.5. The Morgan fingerprint density at radius 2 is 1.97 bits per heavy atom. The van der Waals surface area contributed by atoms with Gasteiger partial charge in [0.15, 0.2) is 6.10 Å². The van der Waals surface area contributed by atoms with Crippen molar-refractivity contribution in [3.8, 4) is 17.2 Å². The van der Waals surface area contributed by atoms with Gasteiger partial charge in [-0.1, -0.05) is 19.1 Å². The molecule has 0 fully saturated rings. The van der Waals surface area contributed by atoms with Crippen molar-refractivity contribution < 1.29 is 23.8 Å². The lowest BCUT2D eigenvalue weighted by Gasteiger charge is -2.35. The van der Waals surface area contributed by atoms with Gasteiger partial charge in [-0.05, 0) is 30.7 Å². The molecule has 8 heteroatoms. The van der Waals surface area contributed by atoms with Crippen molar-refractivity contribution in [3.63, 3.8) is 0 Å². The highest BCUT2D eigenvalue weighted by Crippen LogP contribution is 2.33. The van der Waals surface area contributed by atoms with Gasteiger partial charge in [-0.2, -0.15) is 0 Å². The van der Waals surface area contributed by atoms with Crippen molar-refractivity contribution >= 4 is 23.2 Å². The first-order valence-electron chi connectivity index (χ1n) is 9.86. The van der Waals surface area contributed by atoms with E-state index >= 15 is 0 Å². The van der Waals surface area contributed by atoms with E-state index in [9.17, 15) is 9.59 Å². The molecule has 2 aromatic rings. The molecule has 0 unspecified atom stereocenters. The summed E-state index contributed by atoms with van der Waals surface area (Å²) in [5.41, 5.74) is 1.28. The second kappa shape index (κ2) is 9.87. The van der Waals surface area contributed by atoms with Crippen molar-refractivity contribution in [1.29, 1.82) is 0 Å². The number of benzene rings is 2. The van der Waals surface area contributed by atoms with Gasteiger partial charge in [0.25, 0.3) is 5.91 Å². The number of ether oxygens (including phenoxy) is 3. The first-order chi connectivity index (χ1) is 14.5. The number of nitrogens with zero attached hydrogens (tertiary/aromatic N) is 1. The third-order valence-corrected chi connectivity index (χ3v) is 4.72. The Labute approximate surface area is 176 Å². The molecule has 30 heavy (non-hydrogen) atoms. The third kappa shape index (κ3) is 4.94. The summed E-state index contributed by atoms with van der Waals surface area (Å²) in [6.45, 7) is 2.89. The summed E-state index contributed by atoms with van der Waals surface area (Å²) < 4.78 is 16.4. The van der Waals surface area contributed by atoms with Gasteiger partial charge in [-0.3, -0.25) is 9.59 Å². The van der Waals surface area contributed by atoms with Crippen molar-refractivity contribution in [3.05, 3.63) is 42.5 Å². The van der Waals surface area contributed by atoms with Crippen LogP contribution in [0, 0.1) is 0 Å². The van der Waals surface area contributed by atoms with E-state index in [1.807, 2.05) is 30.0 Å². The van der Waals surface area contributed by atoms with Gasteiger partial charge < -0.3 is 29.7 Å². The van der Waals surface area contributed by atoms with E-state index in [1.165, 1.54) is 7.11 Å². The lowest BCUT2D eigenvalue weighted by Crippen LogP contribution is -2.50. The molecule has 0 aromatic heterocycles. The summed E-state index contributed by atoms with van der Waals surface area (Å²) in [4.78, 5) is 27.1. The fourth-order valence-electron chi connectivity index (χ4n) is 3.23. The summed E-state index contributed by atoms with van der Waals surface area (Å²) in [5, 5.41) is 5.72. The maximum atomic E-state index is 12.8. The second-order valence-electron chi connectivity index (χ2n) is 6.86. The maximum absolute atomic E-state index is 12.8. The molecule has 1 aliphatic heterocycles. The first-order valence-corrected chi connectivity index (χ1v) is 9.86. The molecule has 1 heterocycles. The molecular formula is C22H27N3O5. The Morgan fingerprint density at radius 3 is 2.70 bits per heavy atom. The van der Waals surface area contributed by atoms with E-state index in [1.54, 1.807) is 31.4 Å². The Morgan fingerprint density at radius 1 is 1.17 bits per heavy atom. The average molecular weight is 413 g/mol. The van der Waals surface area contributed by atoms with Crippen LogP contribution in [0.3, 0.4) is 0 Å². The number of anilines is 2. The standard InChI is InChI=1S/C22H27N3O5/c1-4-11-23-22(27)20-13-25(17-7-5-6-8-19(17)30-20)14-21(26)24-16-12-15(28-2)9-10-18(16)29-3/h5-10,12,20H,4,11,13-14H2,1-3H3,(H,23,27)(H,24,26)/t20-/m0/s1. The number of carbonyl (C=O) groups is 2. The quantitative estimate of drug-likeness (QED) is 0.691. The number of hydrogen-bond donors (Lipinski definition) is 2. The lowest BCUT2D eigenvalue weighted by molar-refractivity contribution is -0.128. The number of fused-ring (bicyclic) bond motifs is 1. The molecule has 1 aliphatic rings. The van der Waals surface area contributed by atoms with Crippen LogP contribution in [0.25, 0.3) is 0 Å². The highest BCUT2D eigenvalue weighted by molar-refractivity contribution is 5.96. The minimum Gasteiger partial charge on any atom is -0.497 e. The minimum absolute atomic E-state index is 0.0539. The number of amides is 2. The second-order valence-corrected chi connectivity index (χ2v) is 6.86. The van der Waals surface area contributed by atoms with Gasteiger partial charge in [0.2, 0.25) is 5.91 Å². The number of rotatable bonds is 8. The van der Waals surface area contributed by atoms with Gasteiger partial charge in [0.1, 0.15) is 17.2 Å². The number of hydrogen-bond acceptors (Lipinski definition) is 6. The monoisotopic (exact) mass is 413 g/mol. The number of para-hydroxylation sites is 2. The molecule has 3 rings (SSSR count). The van der Waals surface area contributed by atoms with Gasteiger partial charge >= 0.3 is 0 Å². The molecule has 0 spiro atoms. The number of nitrogens with one attached hydrogen (secondary N) is 2. The van der Waals surface area contributed by atoms with E-state index in [2.05, 4.69) is 10.6 Å². The van der Waals surface area contributed by atoms with Crippen molar-refractivity contribution in [2.45, 2.75) is 19.4 Å². The van der Waals surface area contributed by atoms with E-state index in [-0.39, 0.29) is 24.9 Å². The minimum atomic E-state index is -0.689.